The molecule has 0 fully saturated rings. The van der Waals surface area contributed by atoms with E-state index in [1.165, 1.54) is 11.3 Å². The van der Waals surface area contributed by atoms with Crippen LogP contribution in [0.5, 0.6) is 5.75 Å². The molecule has 164 valence electrons. The average Bonchev–Trinajstić information content (AvgIpc) is 3.37. The van der Waals surface area contributed by atoms with E-state index < -0.39 is 0 Å². The number of thiazole rings is 1. The maximum atomic E-state index is 10.8. The van der Waals surface area contributed by atoms with Crippen LogP contribution in [-0.4, -0.2) is 22.5 Å². The standard InChI is InChI=1S/C27H23N3O2S/c1-18-25(20-11-6-3-7-12-20)29-27(33-18)24-23(31)16-30(26(24)28)21-13-8-14-22(15-21)32-17-19-9-4-2-5-10-19/h2-15,28,31H,16-17H2,1H3. The number of benzene rings is 3. The van der Waals surface area contributed by atoms with Gasteiger partial charge in [0.1, 0.15) is 29.0 Å². The van der Waals surface area contributed by atoms with Crippen molar-refractivity contribution >= 4 is 28.4 Å². The molecule has 0 atom stereocenters. The molecule has 1 aromatic heterocycles. The molecule has 2 heterocycles. The maximum Gasteiger partial charge on any atom is 0.139 e. The number of hydrogen-bond acceptors (Lipinski definition) is 5. The van der Waals surface area contributed by atoms with Crippen LogP contribution in [0.25, 0.3) is 16.8 Å². The smallest absolute Gasteiger partial charge is 0.139 e. The summed E-state index contributed by atoms with van der Waals surface area (Å²) < 4.78 is 5.95. The van der Waals surface area contributed by atoms with Gasteiger partial charge in [0, 0.05) is 22.2 Å². The SMILES string of the molecule is Cc1sc(C2=C(O)CN(c3cccc(OCc4ccccc4)c3)C2=N)nc1-c1ccccc1. The second-order valence-corrected chi connectivity index (χ2v) is 9.02. The van der Waals surface area contributed by atoms with Crippen molar-refractivity contribution in [1.82, 2.24) is 4.98 Å². The first-order valence-corrected chi connectivity index (χ1v) is 11.5. The van der Waals surface area contributed by atoms with E-state index in [0.29, 0.717) is 22.9 Å². The number of aliphatic hydroxyl groups excluding tert-OH is 1. The van der Waals surface area contributed by atoms with E-state index >= 15 is 0 Å². The first-order valence-electron chi connectivity index (χ1n) is 10.7. The molecule has 5 rings (SSSR count). The molecule has 1 aliphatic rings. The molecule has 4 aromatic rings. The highest BCUT2D eigenvalue weighted by molar-refractivity contribution is 7.13. The van der Waals surface area contributed by atoms with Crippen LogP contribution < -0.4 is 9.64 Å². The Morgan fingerprint density at radius 1 is 1.00 bits per heavy atom. The van der Waals surface area contributed by atoms with E-state index in [0.717, 1.165) is 27.4 Å². The summed E-state index contributed by atoms with van der Waals surface area (Å²) in [4.78, 5) is 7.61. The minimum absolute atomic E-state index is 0.156. The molecule has 2 N–H and O–H groups in total. The molecule has 0 radical (unpaired) electrons. The van der Waals surface area contributed by atoms with Gasteiger partial charge in [-0.05, 0) is 24.6 Å². The lowest BCUT2D eigenvalue weighted by Crippen LogP contribution is -2.26. The first kappa shape index (κ1) is 21.0. The lowest BCUT2D eigenvalue weighted by molar-refractivity contribution is 0.306. The fourth-order valence-corrected chi connectivity index (χ4v) is 4.88. The van der Waals surface area contributed by atoms with Gasteiger partial charge < -0.3 is 14.7 Å². The molecule has 0 amide bonds. The molecular weight excluding hydrogens is 430 g/mol. The Morgan fingerprint density at radius 2 is 1.73 bits per heavy atom. The van der Waals surface area contributed by atoms with Crippen LogP contribution in [0, 0.1) is 12.3 Å². The summed E-state index contributed by atoms with van der Waals surface area (Å²) >= 11 is 1.50. The predicted molar refractivity (Wildman–Crippen MR) is 134 cm³/mol. The monoisotopic (exact) mass is 453 g/mol. The normalized spacial score (nSPS) is 13.6. The molecule has 0 unspecified atom stereocenters. The largest absolute Gasteiger partial charge is 0.510 e. The van der Waals surface area contributed by atoms with Crippen molar-refractivity contribution in [3.63, 3.8) is 0 Å². The topological polar surface area (TPSA) is 69.4 Å². The number of aliphatic hydroxyl groups is 1. The fourth-order valence-electron chi connectivity index (χ4n) is 3.87. The number of ether oxygens (including phenoxy) is 1. The highest BCUT2D eigenvalue weighted by atomic mass is 32.1. The van der Waals surface area contributed by atoms with Crippen LogP contribution in [0.4, 0.5) is 5.69 Å². The Labute approximate surface area is 196 Å². The number of aryl methyl sites for hydroxylation is 1. The number of hydrogen-bond donors (Lipinski definition) is 2. The van der Waals surface area contributed by atoms with Gasteiger partial charge in [-0.3, -0.25) is 5.41 Å². The van der Waals surface area contributed by atoms with Crippen LogP contribution in [0.15, 0.2) is 90.7 Å². The zero-order chi connectivity index (χ0) is 22.8. The number of aromatic nitrogens is 1. The van der Waals surface area contributed by atoms with Crippen molar-refractivity contribution in [3.8, 4) is 17.0 Å². The number of nitrogens with zero attached hydrogens (tertiary/aromatic N) is 2. The summed E-state index contributed by atoms with van der Waals surface area (Å²) in [6.07, 6.45) is 0. The van der Waals surface area contributed by atoms with Gasteiger partial charge in [-0.1, -0.05) is 66.7 Å². The highest BCUT2D eigenvalue weighted by Gasteiger charge is 2.32. The summed E-state index contributed by atoms with van der Waals surface area (Å²) in [6.45, 7) is 2.72. The lowest BCUT2D eigenvalue weighted by atomic mass is 10.1. The van der Waals surface area contributed by atoms with Crippen LogP contribution in [0.2, 0.25) is 0 Å². The minimum Gasteiger partial charge on any atom is -0.510 e. The number of amidine groups is 1. The predicted octanol–water partition coefficient (Wildman–Crippen LogP) is 6.46. The molecule has 0 bridgehead atoms. The molecule has 33 heavy (non-hydrogen) atoms. The Morgan fingerprint density at radius 3 is 2.48 bits per heavy atom. The van der Waals surface area contributed by atoms with Crippen LogP contribution in [0.1, 0.15) is 15.4 Å². The van der Waals surface area contributed by atoms with Crippen molar-refractivity contribution in [1.29, 1.82) is 5.41 Å². The van der Waals surface area contributed by atoms with E-state index in [-0.39, 0.29) is 18.1 Å². The third kappa shape index (κ3) is 4.25. The molecule has 0 saturated heterocycles. The van der Waals surface area contributed by atoms with Crippen molar-refractivity contribution in [2.24, 2.45) is 0 Å². The van der Waals surface area contributed by atoms with Gasteiger partial charge in [0.15, 0.2) is 0 Å². The Bertz CT molecular complexity index is 1330. The minimum atomic E-state index is 0.156. The first-order chi connectivity index (χ1) is 16.1. The molecule has 0 spiro atoms. The second kappa shape index (κ2) is 8.92. The van der Waals surface area contributed by atoms with Crippen LogP contribution >= 0.6 is 11.3 Å². The molecule has 0 aliphatic carbocycles. The molecule has 6 heteroatoms. The molecule has 5 nitrogen and oxygen atoms in total. The third-order valence-corrected chi connectivity index (χ3v) is 6.53. The quantitative estimate of drug-likeness (QED) is 0.351. The van der Waals surface area contributed by atoms with Gasteiger partial charge in [0.2, 0.25) is 0 Å². The summed E-state index contributed by atoms with van der Waals surface area (Å²) in [5.74, 6) is 1.11. The number of rotatable bonds is 6. The molecule has 3 aromatic carbocycles. The second-order valence-electron chi connectivity index (χ2n) is 7.82. The third-order valence-electron chi connectivity index (χ3n) is 5.54. The van der Waals surface area contributed by atoms with Crippen molar-refractivity contribution in [2.45, 2.75) is 13.5 Å². The van der Waals surface area contributed by atoms with Crippen LogP contribution in [-0.2, 0) is 6.61 Å². The van der Waals surface area contributed by atoms with Crippen molar-refractivity contribution in [2.75, 3.05) is 11.4 Å². The maximum absolute atomic E-state index is 10.8. The van der Waals surface area contributed by atoms with E-state index in [1.54, 1.807) is 4.90 Å². The fraction of sp³-hybridized carbons (Fsp3) is 0.111. The summed E-state index contributed by atoms with van der Waals surface area (Å²) in [5, 5.41) is 20.2. The van der Waals surface area contributed by atoms with E-state index in [2.05, 4.69) is 0 Å². The van der Waals surface area contributed by atoms with Gasteiger partial charge in [-0.2, -0.15) is 0 Å². The average molecular weight is 454 g/mol. The molecular formula is C27H23N3O2S. The lowest BCUT2D eigenvalue weighted by Gasteiger charge is -2.19. The van der Waals surface area contributed by atoms with Gasteiger partial charge in [-0.15, -0.1) is 11.3 Å². The van der Waals surface area contributed by atoms with Gasteiger partial charge in [0.25, 0.3) is 0 Å². The Kier molecular flexibility index (Phi) is 5.67. The van der Waals surface area contributed by atoms with E-state index in [4.69, 9.17) is 15.1 Å². The van der Waals surface area contributed by atoms with Crippen LogP contribution in [0.3, 0.4) is 0 Å². The van der Waals surface area contributed by atoms with Crippen molar-refractivity contribution in [3.05, 3.63) is 106 Å². The Balaban J connectivity index is 1.37. The molecule has 0 saturated carbocycles. The molecule has 1 aliphatic heterocycles. The van der Waals surface area contributed by atoms with Gasteiger partial charge in [-0.25, -0.2) is 4.98 Å². The van der Waals surface area contributed by atoms with Gasteiger partial charge >= 0.3 is 0 Å². The van der Waals surface area contributed by atoms with E-state index in [1.807, 2.05) is 91.9 Å². The van der Waals surface area contributed by atoms with Crippen molar-refractivity contribution < 1.29 is 9.84 Å². The zero-order valence-corrected chi connectivity index (χ0v) is 19.0. The van der Waals surface area contributed by atoms with E-state index in [9.17, 15) is 5.11 Å². The summed E-state index contributed by atoms with van der Waals surface area (Å²) in [7, 11) is 0. The van der Waals surface area contributed by atoms with Gasteiger partial charge in [0.05, 0.1) is 17.8 Å². The number of anilines is 1. The summed E-state index contributed by atoms with van der Waals surface area (Å²) in [6, 6.07) is 27.6. The Hall–Kier alpha value is -3.90. The zero-order valence-electron chi connectivity index (χ0n) is 18.2. The number of nitrogens with one attached hydrogen (secondary N) is 1. The highest BCUT2D eigenvalue weighted by Crippen LogP contribution is 2.37. The summed E-state index contributed by atoms with van der Waals surface area (Å²) in [5.41, 5.74) is 4.29.